The maximum absolute atomic E-state index is 12.9. The van der Waals surface area contributed by atoms with Crippen molar-refractivity contribution in [3.8, 4) is 28.4 Å². The number of nitrogens with one attached hydrogen (secondary N) is 4. The van der Waals surface area contributed by atoms with E-state index in [1.165, 1.54) is 31.4 Å². The highest BCUT2D eigenvalue weighted by atomic mass is 35.5. The number of rotatable bonds is 6. The topological polar surface area (TPSA) is 138 Å². The molecule has 0 aliphatic carbocycles. The van der Waals surface area contributed by atoms with Crippen LogP contribution in [0.5, 0.6) is 5.75 Å². The number of halogens is 4. The highest BCUT2D eigenvalue weighted by Gasteiger charge is 2.30. The lowest BCUT2D eigenvalue weighted by Crippen LogP contribution is -2.24. The first-order valence-corrected chi connectivity index (χ1v) is 10.6. The number of aromatic nitrogens is 5. The van der Waals surface area contributed by atoms with E-state index in [0.29, 0.717) is 16.8 Å². The fourth-order valence-corrected chi connectivity index (χ4v) is 3.40. The number of ether oxygens (including phenoxy) is 1. The van der Waals surface area contributed by atoms with Crippen molar-refractivity contribution in [2.75, 3.05) is 7.05 Å². The van der Waals surface area contributed by atoms with Gasteiger partial charge < -0.3 is 15.4 Å². The monoisotopic (exact) mass is 519 g/mol. The summed E-state index contributed by atoms with van der Waals surface area (Å²) >= 11 is 6.22. The zero-order chi connectivity index (χ0) is 25.9. The van der Waals surface area contributed by atoms with Gasteiger partial charge in [-0.15, -0.1) is 0 Å². The van der Waals surface area contributed by atoms with E-state index in [2.05, 4.69) is 36.0 Å². The Labute approximate surface area is 206 Å². The van der Waals surface area contributed by atoms with Gasteiger partial charge in [-0.05, 0) is 35.4 Å². The number of benzene rings is 2. The molecule has 186 valence electrons. The lowest BCUT2D eigenvalue weighted by Gasteiger charge is -2.09. The third-order valence-electron chi connectivity index (χ3n) is 4.92. The summed E-state index contributed by atoms with van der Waals surface area (Å²) in [7, 11) is 1.42. The van der Waals surface area contributed by atoms with E-state index in [-0.39, 0.29) is 34.5 Å². The fraction of sp³-hybridized carbons (Fsp3) is 0.136. The molecule has 0 radical (unpaired) electrons. The molecule has 0 saturated heterocycles. The van der Waals surface area contributed by atoms with Crippen LogP contribution in [0.1, 0.15) is 21.7 Å². The van der Waals surface area contributed by atoms with Crippen molar-refractivity contribution in [3.63, 3.8) is 0 Å². The average Bonchev–Trinajstić information content (AvgIpc) is 3.53. The van der Waals surface area contributed by atoms with E-state index in [9.17, 15) is 22.8 Å². The quantitative estimate of drug-likeness (QED) is 0.301. The first-order valence-electron chi connectivity index (χ1n) is 10.3. The largest absolute Gasteiger partial charge is 0.416 e. The van der Waals surface area contributed by atoms with E-state index < -0.39 is 23.7 Å². The molecule has 10 nitrogen and oxygen atoms in total. The Balaban J connectivity index is 1.48. The van der Waals surface area contributed by atoms with Crippen LogP contribution in [-0.2, 0) is 12.7 Å². The summed E-state index contributed by atoms with van der Waals surface area (Å²) in [6.45, 7) is -0.142. The fourth-order valence-electron chi connectivity index (χ4n) is 3.18. The second-order valence-corrected chi connectivity index (χ2v) is 7.74. The number of hydrogen-bond acceptors (Lipinski definition) is 6. The highest BCUT2D eigenvalue weighted by molar-refractivity contribution is 6.32. The summed E-state index contributed by atoms with van der Waals surface area (Å²) in [5, 5.41) is 18.3. The molecule has 4 aromatic rings. The second kappa shape index (κ2) is 10.1. The minimum absolute atomic E-state index is 0.119. The zero-order valence-corrected chi connectivity index (χ0v) is 19.2. The van der Waals surface area contributed by atoms with Crippen LogP contribution in [0.3, 0.4) is 0 Å². The van der Waals surface area contributed by atoms with E-state index in [4.69, 9.17) is 16.3 Å². The molecule has 0 atom stereocenters. The van der Waals surface area contributed by atoms with Gasteiger partial charge in [0.1, 0.15) is 5.69 Å². The maximum Gasteiger partial charge on any atom is 0.416 e. The van der Waals surface area contributed by atoms with Crippen molar-refractivity contribution < 1.29 is 27.5 Å². The molecule has 4 N–H and O–H groups in total. The molecule has 0 fully saturated rings. The van der Waals surface area contributed by atoms with Crippen molar-refractivity contribution in [3.05, 3.63) is 70.6 Å². The number of aromatic amines is 2. The Kier molecular flexibility index (Phi) is 6.92. The van der Waals surface area contributed by atoms with Crippen LogP contribution in [0.25, 0.3) is 22.6 Å². The Morgan fingerprint density at radius 2 is 1.94 bits per heavy atom. The lowest BCUT2D eigenvalue weighted by atomic mass is 10.1. The number of H-pyrrole nitrogens is 2. The molecule has 2 aromatic carbocycles. The molecular formula is C22H17ClF3N7O3. The molecule has 2 amide bonds. The molecule has 0 saturated carbocycles. The Bertz CT molecular complexity index is 1420. The van der Waals surface area contributed by atoms with Gasteiger partial charge in [-0.1, -0.05) is 29.8 Å². The number of amides is 2. The number of carbonyl (C=O) groups excluding carboxylic acids is 2. The summed E-state index contributed by atoms with van der Waals surface area (Å²) in [5.74, 6) is -0.535. The van der Waals surface area contributed by atoms with Gasteiger partial charge in [-0.25, -0.2) is 9.78 Å². The molecule has 4 rings (SSSR count). The molecular weight excluding hydrogens is 503 g/mol. The van der Waals surface area contributed by atoms with Gasteiger partial charge in [0.05, 0.1) is 16.8 Å². The number of nitrogens with zero attached hydrogens (tertiary/aromatic N) is 3. The van der Waals surface area contributed by atoms with Crippen molar-refractivity contribution in [1.82, 2.24) is 36.0 Å². The zero-order valence-electron chi connectivity index (χ0n) is 18.4. The SMILES string of the molecule is CNC(=O)Oc1ccc(-c2cn[nH]c2-c2n[nH]c(C(=O)NCc3cccc(C(F)(F)F)c3)n2)cc1Cl. The van der Waals surface area contributed by atoms with E-state index in [0.717, 1.165) is 12.1 Å². The molecule has 0 spiro atoms. The smallest absolute Gasteiger partial charge is 0.409 e. The summed E-state index contributed by atoms with van der Waals surface area (Å²) in [4.78, 5) is 28.1. The number of alkyl halides is 3. The van der Waals surface area contributed by atoms with Gasteiger partial charge in [0.2, 0.25) is 5.82 Å². The van der Waals surface area contributed by atoms with Crippen LogP contribution in [0.2, 0.25) is 5.02 Å². The molecule has 0 aliphatic heterocycles. The van der Waals surface area contributed by atoms with Gasteiger partial charge >= 0.3 is 12.3 Å². The predicted octanol–water partition coefficient (Wildman–Crippen LogP) is 4.18. The van der Waals surface area contributed by atoms with Crippen LogP contribution < -0.4 is 15.4 Å². The molecule has 2 aromatic heterocycles. The van der Waals surface area contributed by atoms with Gasteiger partial charge in [0.15, 0.2) is 11.6 Å². The predicted molar refractivity (Wildman–Crippen MR) is 122 cm³/mol. The van der Waals surface area contributed by atoms with E-state index in [1.807, 2.05) is 0 Å². The summed E-state index contributed by atoms with van der Waals surface area (Å²) < 4.78 is 43.7. The summed E-state index contributed by atoms with van der Waals surface area (Å²) in [6, 6.07) is 9.35. The first-order chi connectivity index (χ1) is 17.2. The lowest BCUT2D eigenvalue weighted by molar-refractivity contribution is -0.137. The van der Waals surface area contributed by atoms with Gasteiger partial charge in [-0.2, -0.15) is 23.4 Å². The Hall–Kier alpha value is -4.39. The maximum atomic E-state index is 12.9. The minimum atomic E-state index is -4.48. The molecule has 0 unspecified atom stereocenters. The van der Waals surface area contributed by atoms with Crippen LogP contribution >= 0.6 is 11.6 Å². The Morgan fingerprint density at radius 1 is 1.14 bits per heavy atom. The van der Waals surface area contributed by atoms with Gasteiger partial charge in [0.25, 0.3) is 5.91 Å². The second-order valence-electron chi connectivity index (χ2n) is 7.33. The molecule has 0 aliphatic rings. The van der Waals surface area contributed by atoms with Gasteiger partial charge in [-0.3, -0.25) is 15.0 Å². The first kappa shape index (κ1) is 24.7. The van der Waals surface area contributed by atoms with Crippen LogP contribution in [0, 0.1) is 0 Å². The van der Waals surface area contributed by atoms with Crippen molar-refractivity contribution in [2.45, 2.75) is 12.7 Å². The normalized spacial score (nSPS) is 11.2. The third-order valence-corrected chi connectivity index (χ3v) is 5.22. The van der Waals surface area contributed by atoms with E-state index >= 15 is 0 Å². The molecule has 36 heavy (non-hydrogen) atoms. The van der Waals surface area contributed by atoms with Crippen molar-refractivity contribution in [1.29, 1.82) is 0 Å². The van der Waals surface area contributed by atoms with Crippen LogP contribution in [0.15, 0.2) is 48.7 Å². The van der Waals surface area contributed by atoms with Crippen LogP contribution in [-0.4, -0.2) is 44.4 Å². The third kappa shape index (κ3) is 5.46. The van der Waals surface area contributed by atoms with E-state index in [1.54, 1.807) is 12.1 Å². The van der Waals surface area contributed by atoms with Crippen LogP contribution in [0.4, 0.5) is 18.0 Å². The van der Waals surface area contributed by atoms with Gasteiger partial charge in [0, 0.05) is 19.2 Å². The summed E-state index contributed by atoms with van der Waals surface area (Å²) in [5.41, 5.74) is 0.997. The van der Waals surface area contributed by atoms with Crippen molar-refractivity contribution >= 4 is 23.6 Å². The number of carbonyl (C=O) groups is 2. The summed E-state index contributed by atoms with van der Waals surface area (Å²) in [6.07, 6.45) is -3.65. The molecule has 0 bridgehead atoms. The van der Waals surface area contributed by atoms with Crippen molar-refractivity contribution in [2.24, 2.45) is 0 Å². The standard InChI is InChI=1S/C22H17ClF3N7O3/c1-27-21(35)36-16-6-5-12(8-15(16)23)14-10-29-31-17(14)18-30-19(33-32-18)20(34)28-9-11-3-2-4-13(7-11)22(24,25)26/h2-8,10H,9H2,1H3,(H,27,35)(H,28,34)(H,29,31)(H,30,32,33). The number of hydrogen-bond donors (Lipinski definition) is 4. The average molecular weight is 520 g/mol. The minimum Gasteiger partial charge on any atom is -0.409 e. The highest BCUT2D eigenvalue weighted by Crippen LogP contribution is 2.34. The molecule has 14 heteroatoms. The Morgan fingerprint density at radius 3 is 2.67 bits per heavy atom. The molecule has 2 heterocycles.